The Hall–Kier alpha value is -2.25. The van der Waals surface area contributed by atoms with E-state index in [4.69, 9.17) is 15.2 Å². The smallest absolute Gasteiger partial charge is 0.421 e. The van der Waals surface area contributed by atoms with Gasteiger partial charge in [0, 0.05) is 19.6 Å². The van der Waals surface area contributed by atoms with Gasteiger partial charge in [-0.2, -0.15) is 13.2 Å². The molecule has 3 heterocycles. The number of hydrogen-bond donors (Lipinski definition) is 2. The van der Waals surface area contributed by atoms with Crippen molar-refractivity contribution in [3.05, 3.63) is 23.4 Å². The highest BCUT2D eigenvalue weighted by atomic mass is 32.2. The number of nitrogens with two attached hydrogens (primary N) is 1. The van der Waals surface area contributed by atoms with Crippen LogP contribution < -0.4 is 15.8 Å². The molecule has 13 heteroatoms. The van der Waals surface area contributed by atoms with Gasteiger partial charge in [-0.05, 0) is 30.9 Å². The number of ether oxygens (including phenoxy) is 2. The number of nitrogens with one attached hydrogen (secondary N) is 1. The first-order valence-electron chi connectivity index (χ1n) is 9.96. The Morgan fingerprint density at radius 2 is 1.91 bits per heavy atom. The lowest BCUT2D eigenvalue weighted by atomic mass is 9.95. The van der Waals surface area contributed by atoms with E-state index in [1.54, 1.807) is 0 Å². The second-order valence-corrected chi connectivity index (χ2v) is 10.2. The van der Waals surface area contributed by atoms with Crippen LogP contribution in [0, 0.1) is 5.92 Å². The molecule has 0 radical (unpaired) electrons. The molecule has 0 saturated carbocycles. The van der Waals surface area contributed by atoms with Gasteiger partial charge in [0.1, 0.15) is 17.0 Å². The molecule has 1 amide bonds. The lowest BCUT2D eigenvalue weighted by Crippen LogP contribution is -2.66. The highest BCUT2D eigenvalue weighted by Crippen LogP contribution is 2.36. The minimum Gasteiger partial charge on any atom is -0.477 e. The van der Waals surface area contributed by atoms with Gasteiger partial charge in [-0.3, -0.25) is 9.59 Å². The second kappa shape index (κ2) is 9.32. The van der Waals surface area contributed by atoms with Crippen LogP contribution in [-0.2, 0) is 25.5 Å². The Morgan fingerprint density at radius 1 is 1.25 bits per heavy atom. The molecule has 0 aliphatic carbocycles. The largest absolute Gasteiger partial charge is 0.477 e. The number of nitrogens with zero attached hydrogens (tertiary/aromatic N) is 1. The molecule has 2 fully saturated rings. The van der Waals surface area contributed by atoms with E-state index in [9.17, 15) is 31.2 Å². The Kier molecular flexibility index (Phi) is 7.10. The number of ketones is 1. The Balaban J connectivity index is 1.79. The predicted octanol–water partition coefficient (Wildman–Crippen LogP) is 0.721. The second-order valence-electron chi connectivity index (χ2n) is 8.10. The molecule has 9 nitrogen and oxygen atoms in total. The third-order valence-electron chi connectivity index (χ3n) is 5.33. The standard InChI is InChI=1S/C19H24F3N3O6S/c20-19(21,22)14-1-2-15(24-17(14)31-9-12-3-5-30-6-4-12)16(27)25-18(7-13(26)8-23)10-32(28,29)11-18/h1-2,12H,3-11,23H2,(H,25,27). The van der Waals surface area contributed by atoms with E-state index < -0.39 is 56.2 Å². The number of sulfone groups is 1. The maximum absolute atomic E-state index is 13.4. The zero-order valence-electron chi connectivity index (χ0n) is 17.1. The molecule has 1 aromatic heterocycles. The molecule has 32 heavy (non-hydrogen) atoms. The van der Waals surface area contributed by atoms with Crippen LogP contribution in [0.3, 0.4) is 0 Å². The van der Waals surface area contributed by atoms with Crippen LogP contribution >= 0.6 is 0 Å². The van der Waals surface area contributed by atoms with Gasteiger partial charge < -0.3 is 20.5 Å². The Bertz CT molecular complexity index is 965. The molecule has 3 N–H and O–H groups in total. The zero-order valence-corrected chi connectivity index (χ0v) is 17.9. The van der Waals surface area contributed by atoms with Gasteiger partial charge >= 0.3 is 6.18 Å². The summed E-state index contributed by atoms with van der Waals surface area (Å²) in [4.78, 5) is 28.2. The van der Waals surface area contributed by atoms with E-state index in [1.807, 2.05) is 0 Å². The minimum absolute atomic E-state index is 0.00477. The number of hydrogen-bond acceptors (Lipinski definition) is 8. The molecule has 0 aromatic carbocycles. The van der Waals surface area contributed by atoms with Gasteiger partial charge in [-0.15, -0.1) is 0 Å². The van der Waals surface area contributed by atoms with Crippen LogP contribution in [0.2, 0.25) is 0 Å². The number of rotatable bonds is 8. The summed E-state index contributed by atoms with van der Waals surface area (Å²) in [5.41, 5.74) is 2.41. The van der Waals surface area contributed by atoms with Crippen molar-refractivity contribution in [2.75, 3.05) is 37.9 Å². The molecule has 2 saturated heterocycles. The van der Waals surface area contributed by atoms with Crippen LogP contribution in [0.1, 0.15) is 35.3 Å². The van der Waals surface area contributed by atoms with Crippen LogP contribution in [-0.4, -0.2) is 68.5 Å². The van der Waals surface area contributed by atoms with Gasteiger partial charge in [-0.1, -0.05) is 0 Å². The third kappa shape index (κ3) is 5.95. The van der Waals surface area contributed by atoms with Crippen molar-refractivity contribution in [1.29, 1.82) is 0 Å². The van der Waals surface area contributed by atoms with Crippen LogP contribution in [0.25, 0.3) is 0 Å². The first-order chi connectivity index (χ1) is 14.9. The average Bonchev–Trinajstić information content (AvgIpc) is 2.70. The highest BCUT2D eigenvalue weighted by molar-refractivity contribution is 7.93. The summed E-state index contributed by atoms with van der Waals surface area (Å²) >= 11 is 0. The number of amides is 1. The number of carbonyl (C=O) groups excluding carboxylic acids is 2. The van der Waals surface area contributed by atoms with Crippen molar-refractivity contribution >= 4 is 21.5 Å². The van der Waals surface area contributed by atoms with Crippen LogP contribution in [0.15, 0.2) is 12.1 Å². The number of aromatic nitrogens is 1. The normalized spacial score (nSPS) is 20.2. The van der Waals surface area contributed by atoms with Gasteiger partial charge in [0.15, 0.2) is 9.84 Å². The summed E-state index contributed by atoms with van der Waals surface area (Å²) in [6.07, 6.45) is -3.78. The van der Waals surface area contributed by atoms with Crippen molar-refractivity contribution in [3.63, 3.8) is 0 Å². The quantitative estimate of drug-likeness (QED) is 0.556. The molecule has 1 aromatic rings. The topological polar surface area (TPSA) is 138 Å². The molecule has 0 bridgehead atoms. The molecule has 0 unspecified atom stereocenters. The molecule has 2 aliphatic rings. The van der Waals surface area contributed by atoms with Crippen molar-refractivity contribution in [2.24, 2.45) is 11.7 Å². The van der Waals surface area contributed by atoms with Crippen LogP contribution in [0.4, 0.5) is 13.2 Å². The average molecular weight is 479 g/mol. The zero-order chi connectivity index (χ0) is 23.6. The van der Waals surface area contributed by atoms with Crippen LogP contribution in [0.5, 0.6) is 5.88 Å². The van der Waals surface area contributed by atoms with Crippen molar-refractivity contribution < 1.29 is 40.7 Å². The number of alkyl halides is 3. The lowest BCUT2D eigenvalue weighted by molar-refractivity contribution is -0.139. The summed E-state index contributed by atoms with van der Waals surface area (Å²) in [6, 6.07) is 1.57. The fourth-order valence-corrected chi connectivity index (χ4v) is 5.72. The van der Waals surface area contributed by atoms with Crippen molar-refractivity contribution in [2.45, 2.75) is 31.0 Å². The molecule has 0 spiro atoms. The van der Waals surface area contributed by atoms with E-state index in [-0.39, 0.29) is 31.2 Å². The fraction of sp³-hybridized carbons (Fsp3) is 0.632. The molecule has 3 rings (SSSR count). The summed E-state index contributed by atoms with van der Waals surface area (Å²) in [5, 5.41) is 2.45. The maximum Gasteiger partial charge on any atom is 0.421 e. The van der Waals surface area contributed by atoms with E-state index in [1.165, 1.54) is 0 Å². The van der Waals surface area contributed by atoms with E-state index in [0.29, 0.717) is 32.1 Å². The number of Topliss-reactive ketones (excluding diaryl/α,β-unsaturated/α-hetero) is 1. The first-order valence-corrected chi connectivity index (χ1v) is 11.8. The summed E-state index contributed by atoms with van der Waals surface area (Å²) in [5.74, 6) is -3.04. The Morgan fingerprint density at radius 3 is 2.47 bits per heavy atom. The van der Waals surface area contributed by atoms with Crippen molar-refractivity contribution in [3.8, 4) is 5.88 Å². The van der Waals surface area contributed by atoms with Gasteiger partial charge in [0.05, 0.1) is 30.2 Å². The lowest BCUT2D eigenvalue weighted by Gasteiger charge is -2.41. The molecule has 0 atom stereocenters. The predicted molar refractivity (Wildman–Crippen MR) is 106 cm³/mol. The Labute approximate surface area is 182 Å². The number of halogens is 3. The van der Waals surface area contributed by atoms with E-state index >= 15 is 0 Å². The molecule has 178 valence electrons. The summed E-state index contributed by atoms with van der Waals surface area (Å²) < 4.78 is 74.1. The molecule has 2 aliphatic heterocycles. The van der Waals surface area contributed by atoms with E-state index in [2.05, 4.69) is 10.3 Å². The SMILES string of the molecule is NCC(=O)CC1(NC(=O)c2ccc(C(F)(F)F)c(OCC3CCOCC3)n2)CS(=O)(=O)C1. The molecular formula is C19H24F3N3O6S. The van der Waals surface area contributed by atoms with Crippen molar-refractivity contribution in [1.82, 2.24) is 10.3 Å². The number of pyridine rings is 1. The minimum atomic E-state index is -4.75. The molecular weight excluding hydrogens is 455 g/mol. The highest BCUT2D eigenvalue weighted by Gasteiger charge is 2.50. The van der Waals surface area contributed by atoms with Gasteiger partial charge in [0.2, 0.25) is 5.88 Å². The van der Waals surface area contributed by atoms with Gasteiger partial charge in [0.25, 0.3) is 5.91 Å². The van der Waals surface area contributed by atoms with Gasteiger partial charge in [-0.25, -0.2) is 13.4 Å². The monoisotopic (exact) mass is 479 g/mol. The summed E-state index contributed by atoms with van der Waals surface area (Å²) in [6.45, 7) is 0.628. The fourth-order valence-electron chi connectivity index (χ4n) is 3.78. The van der Waals surface area contributed by atoms with E-state index in [0.717, 1.165) is 6.07 Å². The maximum atomic E-state index is 13.4. The third-order valence-corrected chi connectivity index (χ3v) is 7.31. The first kappa shape index (κ1) is 24.4. The number of carbonyl (C=O) groups is 2. The summed E-state index contributed by atoms with van der Waals surface area (Å²) in [7, 11) is -3.44.